The van der Waals surface area contributed by atoms with Gasteiger partial charge in [-0.3, -0.25) is 0 Å². The van der Waals surface area contributed by atoms with Crippen LogP contribution in [-0.4, -0.2) is 4.57 Å². The summed E-state index contributed by atoms with van der Waals surface area (Å²) in [7, 11) is 0. The summed E-state index contributed by atoms with van der Waals surface area (Å²) in [5.74, 6) is 0.491. The van der Waals surface area contributed by atoms with Gasteiger partial charge in [-0.1, -0.05) is 128 Å². The normalized spacial score (nSPS) is 17.0. The number of aromatic nitrogens is 1. The van der Waals surface area contributed by atoms with E-state index in [2.05, 4.69) is 151 Å². The Labute approximate surface area is 251 Å². The van der Waals surface area contributed by atoms with Gasteiger partial charge in [0, 0.05) is 32.2 Å². The zero-order valence-corrected chi connectivity index (χ0v) is 24.0. The van der Waals surface area contributed by atoms with Crippen LogP contribution in [0.3, 0.4) is 0 Å². The Morgan fingerprint density at radius 2 is 1.67 bits per heavy atom. The van der Waals surface area contributed by atoms with Crippen molar-refractivity contribution in [1.29, 1.82) is 0 Å². The maximum Gasteiger partial charge on any atom is 0.0541 e. The molecule has 0 radical (unpaired) electrons. The minimum absolute atomic E-state index is 0.491. The molecule has 1 aliphatic heterocycles. The SMILES string of the molecule is C=Cc1c(/C=C/c2ccc3c(c2)C2=C4C(=CC=CC4CC=C2)S3)c2ccccc2n1-c1ccccc1-c1ccccc1. The molecule has 200 valence electrons. The third-order valence-electron chi connectivity index (χ3n) is 8.52. The number of nitrogens with zero attached hydrogens (tertiary/aromatic N) is 1. The molecule has 1 aromatic heterocycles. The van der Waals surface area contributed by atoms with Gasteiger partial charge in [-0.15, -0.1) is 0 Å². The second-order valence-corrected chi connectivity index (χ2v) is 12.0. The van der Waals surface area contributed by atoms with Gasteiger partial charge >= 0.3 is 0 Å². The Kier molecular flexibility index (Phi) is 6.09. The number of hydrogen-bond donors (Lipinski definition) is 0. The Morgan fingerprint density at radius 1 is 0.833 bits per heavy atom. The topological polar surface area (TPSA) is 4.93 Å². The molecule has 5 aromatic rings. The van der Waals surface area contributed by atoms with Gasteiger partial charge in [0.2, 0.25) is 0 Å². The van der Waals surface area contributed by atoms with Crippen molar-refractivity contribution in [2.45, 2.75) is 11.3 Å². The summed E-state index contributed by atoms with van der Waals surface area (Å²) in [6.45, 7) is 4.28. The van der Waals surface area contributed by atoms with E-state index in [-0.39, 0.29) is 0 Å². The predicted octanol–water partition coefficient (Wildman–Crippen LogP) is 11.0. The highest BCUT2D eigenvalue weighted by Crippen LogP contribution is 2.51. The minimum atomic E-state index is 0.491. The van der Waals surface area contributed by atoms with E-state index in [0.717, 1.165) is 17.8 Å². The summed E-state index contributed by atoms with van der Waals surface area (Å²) >= 11 is 1.91. The highest BCUT2D eigenvalue weighted by molar-refractivity contribution is 8.03. The molecule has 0 spiro atoms. The number of benzene rings is 4. The second-order valence-electron chi connectivity index (χ2n) is 10.9. The zero-order valence-electron chi connectivity index (χ0n) is 23.2. The molecule has 1 nitrogen and oxygen atoms in total. The van der Waals surface area contributed by atoms with Crippen LogP contribution in [0, 0.1) is 5.92 Å². The fraction of sp³-hybridized carbons (Fsp3) is 0.0500. The van der Waals surface area contributed by atoms with Crippen LogP contribution < -0.4 is 0 Å². The lowest BCUT2D eigenvalue weighted by atomic mass is 9.81. The van der Waals surface area contributed by atoms with Gasteiger partial charge in [0.25, 0.3) is 0 Å². The molecule has 4 aromatic carbocycles. The number of allylic oxidation sites excluding steroid dienone is 7. The molecule has 0 bridgehead atoms. The standard InChI is InChI=1S/C40H29NS/c1-2-35-32(24-22-27-23-25-38-34(26-27)33-18-10-14-29-15-11-21-39(42-38)40(29)33)31-17-7-9-20-37(31)41(35)36-19-8-6-16-30(36)28-12-4-3-5-13-28/h2-13,15-26,29H,1,14H2/b24-22+. The van der Waals surface area contributed by atoms with E-state index >= 15 is 0 Å². The number of para-hydroxylation sites is 2. The molecule has 2 heteroatoms. The minimum Gasteiger partial charge on any atom is -0.309 e. The van der Waals surface area contributed by atoms with Crippen LogP contribution in [0.1, 0.15) is 28.8 Å². The molecule has 3 aliphatic rings. The molecule has 1 unspecified atom stereocenters. The van der Waals surface area contributed by atoms with Gasteiger partial charge in [-0.05, 0) is 70.7 Å². The van der Waals surface area contributed by atoms with Crippen LogP contribution >= 0.6 is 11.8 Å². The van der Waals surface area contributed by atoms with E-state index in [4.69, 9.17) is 0 Å². The third-order valence-corrected chi connectivity index (χ3v) is 9.68. The molecule has 42 heavy (non-hydrogen) atoms. The molecular formula is C40H29NS. The fourth-order valence-electron chi connectivity index (χ4n) is 6.62. The summed E-state index contributed by atoms with van der Waals surface area (Å²) in [6, 6.07) is 34.8. The molecule has 0 saturated carbocycles. The van der Waals surface area contributed by atoms with Crippen molar-refractivity contribution in [2.75, 3.05) is 0 Å². The van der Waals surface area contributed by atoms with Crippen molar-refractivity contribution in [3.8, 4) is 16.8 Å². The first-order chi connectivity index (χ1) is 20.8. The summed E-state index contributed by atoms with van der Waals surface area (Å²) in [5.41, 5.74) is 12.4. The van der Waals surface area contributed by atoms with Crippen LogP contribution in [0.15, 0.2) is 149 Å². The fourth-order valence-corrected chi connectivity index (χ4v) is 7.79. The van der Waals surface area contributed by atoms with Crippen molar-refractivity contribution in [2.24, 2.45) is 5.92 Å². The summed E-state index contributed by atoms with van der Waals surface area (Å²) < 4.78 is 2.36. The van der Waals surface area contributed by atoms with Gasteiger partial charge in [0.1, 0.15) is 0 Å². The van der Waals surface area contributed by atoms with Crippen molar-refractivity contribution in [1.82, 2.24) is 4.57 Å². The van der Waals surface area contributed by atoms with Crippen molar-refractivity contribution in [3.63, 3.8) is 0 Å². The monoisotopic (exact) mass is 555 g/mol. The summed E-state index contributed by atoms with van der Waals surface area (Å²) in [6.07, 6.45) is 19.1. The lowest BCUT2D eigenvalue weighted by Gasteiger charge is -2.32. The van der Waals surface area contributed by atoms with Crippen LogP contribution in [0.2, 0.25) is 0 Å². The van der Waals surface area contributed by atoms with Crippen LogP contribution in [0.5, 0.6) is 0 Å². The summed E-state index contributed by atoms with van der Waals surface area (Å²) in [4.78, 5) is 2.73. The second kappa shape index (κ2) is 10.2. The van der Waals surface area contributed by atoms with E-state index in [1.54, 1.807) is 0 Å². The number of hydrogen-bond acceptors (Lipinski definition) is 1. The lowest BCUT2D eigenvalue weighted by Crippen LogP contribution is -2.13. The summed E-state index contributed by atoms with van der Waals surface area (Å²) in [5, 5.41) is 1.21. The molecule has 0 saturated heterocycles. The van der Waals surface area contributed by atoms with E-state index in [9.17, 15) is 0 Å². The number of fused-ring (bicyclic) bond motifs is 3. The average Bonchev–Trinajstić information content (AvgIpc) is 3.37. The van der Waals surface area contributed by atoms with Gasteiger partial charge in [0.05, 0.1) is 16.9 Å². The molecule has 0 N–H and O–H groups in total. The molecule has 2 heterocycles. The first-order valence-corrected chi connectivity index (χ1v) is 15.3. The number of thioether (sulfide) groups is 1. The van der Waals surface area contributed by atoms with Crippen molar-refractivity contribution >= 4 is 46.5 Å². The van der Waals surface area contributed by atoms with Crippen LogP contribution in [0.25, 0.3) is 51.5 Å². The quantitative estimate of drug-likeness (QED) is 0.209. The highest BCUT2D eigenvalue weighted by atomic mass is 32.2. The van der Waals surface area contributed by atoms with Crippen molar-refractivity contribution < 1.29 is 0 Å². The number of rotatable bonds is 5. The molecule has 0 amide bonds. The van der Waals surface area contributed by atoms with Gasteiger partial charge in [0.15, 0.2) is 0 Å². The largest absolute Gasteiger partial charge is 0.309 e. The van der Waals surface area contributed by atoms with E-state index in [1.165, 1.54) is 59.7 Å². The Morgan fingerprint density at radius 3 is 2.57 bits per heavy atom. The maximum atomic E-state index is 4.28. The Bertz CT molecular complexity index is 2040. The third kappa shape index (κ3) is 4.02. The Hall–Kier alpha value is -4.79. The van der Waals surface area contributed by atoms with Crippen molar-refractivity contribution in [3.05, 3.63) is 167 Å². The average molecular weight is 556 g/mol. The Balaban J connectivity index is 1.25. The van der Waals surface area contributed by atoms with Gasteiger partial charge in [-0.25, -0.2) is 0 Å². The van der Waals surface area contributed by atoms with E-state index < -0.39 is 0 Å². The molecule has 0 fully saturated rings. The lowest BCUT2D eigenvalue weighted by molar-refractivity contribution is 0.779. The first-order valence-electron chi connectivity index (χ1n) is 14.5. The van der Waals surface area contributed by atoms with E-state index in [0.29, 0.717) is 5.92 Å². The van der Waals surface area contributed by atoms with Crippen LogP contribution in [-0.2, 0) is 0 Å². The predicted molar refractivity (Wildman–Crippen MR) is 181 cm³/mol. The zero-order chi connectivity index (χ0) is 28.0. The highest BCUT2D eigenvalue weighted by Gasteiger charge is 2.29. The molecule has 1 atom stereocenters. The van der Waals surface area contributed by atoms with Gasteiger partial charge in [-0.2, -0.15) is 0 Å². The molecular weight excluding hydrogens is 527 g/mol. The smallest absolute Gasteiger partial charge is 0.0541 e. The van der Waals surface area contributed by atoms with Crippen LogP contribution in [0.4, 0.5) is 0 Å². The molecule has 8 rings (SSSR count). The first kappa shape index (κ1) is 25.0. The molecule has 2 aliphatic carbocycles. The maximum absolute atomic E-state index is 4.28. The van der Waals surface area contributed by atoms with Gasteiger partial charge < -0.3 is 4.57 Å². The van der Waals surface area contributed by atoms with E-state index in [1.807, 2.05) is 17.8 Å².